The van der Waals surface area contributed by atoms with Gasteiger partial charge in [-0.1, -0.05) is 90.5 Å². The predicted molar refractivity (Wildman–Crippen MR) is 100 cm³/mol. The minimum Gasteiger partial charge on any atom is -0.405 e. The molecule has 0 radical (unpaired) electrons. The molecule has 3 aromatic carbocycles. The van der Waals surface area contributed by atoms with Crippen LogP contribution in [-0.4, -0.2) is 14.9 Å². The van der Waals surface area contributed by atoms with Crippen molar-refractivity contribution < 1.29 is 4.43 Å². The van der Waals surface area contributed by atoms with Crippen LogP contribution >= 0.6 is 0 Å². The zero-order chi connectivity index (χ0) is 16.1. The Morgan fingerprint density at radius 3 is 1.52 bits per heavy atom. The van der Waals surface area contributed by atoms with Crippen LogP contribution in [-0.2, 0) is 4.43 Å². The number of hydrogen-bond acceptors (Lipinski definition) is 1. The van der Waals surface area contributed by atoms with Crippen LogP contribution in [0.25, 0.3) is 0 Å². The van der Waals surface area contributed by atoms with Gasteiger partial charge < -0.3 is 4.43 Å². The molecule has 0 saturated carbocycles. The molecule has 1 nitrogen and oxygen atoms in total. The van der Waals surface area contributed by atoms with E-state index in [4.69, 9.17) is 4.43 Å². The lowest BCUT2D eigenvalue weighted by atomic mass is 10.2. The van der Waals surface area contributed by atoms with E-state index < -0.39 is 8.32 Å². The maximum Gasteiger partial charge on any atom is 0.288 e. The molecule has 23 heavy (non-hydrogen) atoms. The Morgan fingerprint density at radius 2 is 1.09 bits per heavy atom. The Morgan fingerprint density at radius 1 is 0.652 bits per heavy atom. The zero-order valence-electron chi connectivity index (χ0n) is 13.7. The summed E-state index contributed by atoms with van der Waals surface area (Å²) in [5, 5.41) is 3.87. The summed E-state index contributed by atoms with van der Waals surface area (Å²) in [4.78, 5) is 0. The molecular formula is C21H22OSi. The van der Waals surface area contributed by atoms with Crippen molar-refractivity contribution >= 4 is 23.9 Å². The molecule has 0 spiro atoms. The third kappa shape index (κ3) is 3.00. The molecule has 0 atom stereocenters. The largest absolute Gasteiger partial charge is 0.405 e. The molecule has 0 fully saturated rings. The number of aryl methyl sites for hydroxylation is 1. The SMILES string of the molecule is CCO[Si](c1ccccc1)(c1ccccc1)c1ccc(C)cc1. The monoisotopic (exact) mass is 318 g/mol. The van der Waals surface area contributed by atoms with Gasteiger partial charge in [-0.3, -0.25) is 0 Å². The van der Waals surface area contributed by atoms with Crippen molar-refractivity contribution in [3.63, 3.8) is 0 Å². The second-order valence-corrected chi connectivity index (χ2v) is 9.10. The summed E-state index contributed by atoms with van der Waals surface area (Å²) in [6.07, 6.45) is 0. The lowest BCUT2D eigenvalue weighted by molar-refractivity contribution is 0.347. The van der Waals surface area contributed by atoms with E-state index in [-0.39, 0.29) is 0 Å². The zero-order valence-corrected chi connectivity index (χ0v) is 14.7. The fraction of sp³-hybridized carbons (Fsp3) is 0.143. The Kier molecular flexibility index (Phi) is 4.75. The summed E-state index contributed by atoms with van der Waals surface area (Å²) in [7, 11) is -2.45. The predicted octanol–water partition coefficient (Wildman–Crippen LogP) is 3.00. The van der Waals surface area contributed by atoms with E-state index in [1.807, 2.05) is 0 Å². The highest BCUT2D eigenvalue weighted by Crippen LogP contribution is 2.10. The molecule has 0 unspecified atom stereocenters. The highest BCUT2D eigenvalue weighted by molar-refractivity contribution is 7.07. The Bertz CT molecular complexity index is 696. The molecule has 0 aliphatic rings. The van der Waals surface area contributed by atoms with Crippen LogP contribution in [0.1, 0.15) is 12.5 Å². The highest BCUT2D eigenvalue weighted by Gasteiger charge is 2.41. The van der Waals surface area contributed by atoms with Gasteiger partial charge in [0.15, 0.2) is 0 Å². The number of rotatable bonds is 5. The van der Waals surface area contributed by atoms with Crippen molar-refractivity contribution in [2.24, 2.45) is 0 Å². The molecule has 3 rings (SSSR count). The Labute approximate surface area is 139 Å². The minimum absolute atomic E-state index is 0.698. The average Bonchev–Trinajstić information content (AvgIpc) is 2.62. The summed E-state index contributed by atoms with van der Waals surface area (Å²) in [5.41, 5.74) is 1.27. The average molecular weight is 318 g/mol. The molecule has 0 aliphatic heterocycles. The molecule has 116 valence electrons. The smallest absolute Gasteiger partial charge is 0.288 e. The van der Waals surface area contributed by atoms with Gasteiger partial charge in [-0.05, 0) is 29.4 Å². The molecule has 2 heteroatoms. The molecule has 0 bridgehead atoms. The standard InChI is InChI=1S/C21H22OSi/c1-3-22-23(19-10-6-4-7-11-19,20-12-8-5-9-13-20)21-16-14-18(2)15-17-21/h4-17H,3H2,1-2H3. The van der Waals surface area contributed by atoms with E-state index in [0.29, 0.717) is 6.61 Å². The van der Waals surface area contributed by atoms with Gasteiger partial charge in [0, 0.05) is 6.61 Å². The van der Waals surface area contributed by atoms with Crippen LogP contribution in [0, 0.1) is 6.92 Å². The van der Waals surface area contributed by atoms with Crippen LogP contribution in [0.5, 0.6) is 0 Å². The van der Waals surface area contributed by atoms with Crippen molar-refractivity contribution in [3.8, 4) is 0 Å². The normalized spacial score (nSPS) is 11.4. The third-order valence-corrected chi connectivity index (χ3v) is 8.34. The van der Waals surface area contributed by atoms with Crippen LogP contribution in [0.3, 0.4) is 0 Å². The number of hydrogen-bond donors (Lipinski definition) is 0. The van der Waals surface area contributed by atoms with Gasteiger partial charge in [-0.15, -0.1) is 0 Å². The molecular weight excluding hydrogens is 296 g/mol. The molecule has 0 saturated heterocycles. The van der Waals surface area contributed by atoms with E-state index in [1.165, 1.54) is 21.1 Å². The van der Waals surface area contributed by atoms with E-state index in [9.17, 15) is 0 Å². The quantitative estimate of drug-likeness (QED) is 0.519. The maximum atomic E-state index is 6.57. The van der Waals surface area contributed by atoms with E-state index in [1.54, 1.807) is 0 Å². The Balaban J connectivity index is 2.28. The molecule has 0 heterocycles. The summed E-state index contributed by atoms with van der Waals surface area (Å²) < 4.78 is 6.57. The van der Waals surface area contributed by atoms with Crippen molar-refractivity contribution in [2.45, 2.75) is 13.8 Å². The second-order valence-electron chi connectivity index (χ2n) is 5.71. The summed E-state index contributed by atoms with van der Waals surface area (Å²) in [5.74, 6) is 0. The first kappa shape index (κ1) is 15.7. The highest BCUT2D eigenvalue weighted by atomic mass is 28.4. The molecule has 0 aliphatic carbocycles. The van der Waals surface area contributed by atoms with Gasteiger partial charge in [-0.2, -0.15) is 0 Å². The topological polar surface area (TPSA) is 9.23 Å². The lowest BCUT2D eigenvalue weighted by Crippen LogP contribution is -2.69. The van der Waals surface area contributed by atoms with Crippen molar-refractivity contribution in [3.05, 3.63) is 90.5 Å². The molecule has 3 aromatic rings. The summed E-state index contributed by atoms with van der Waals surface area (Å²) in [6.45, 7) is 4.91. The van der Waals surface area contributed by atoms with Crippen LogP contribution in [0.4, 0.5) is 0 Å². The van der Waals surface area contributed by atoms with E-state index >= 15 is 0 Å². The van der Waals surface area contributed by atoms with Crippen LogP contribution < -0.4 is 15.6 Å². The fourth-order valence-corrected chi connectivity index (χ4v) is 6.99. The van der Waals surface area contributed by atoms with Gasteiger partial charge >= 0.3 is 0 Å². The van der Waals surface area contributed by atoms with Crippen molar-refractivity contribution in [2.75, 3.05) is 6.61 Å². The van der Waals surface area contributed by atoms with Crippen molar-refractivity contribution in [1.82, 2.24) is 0 Å². The van der Waals surface area contributed by atoms with Gasteiger partial charge in [0.05, 0.1) is 0 Å². The van der Waals surface area contributed by atoms with Gasteiger partial charge in [-0.25, -0.2) is 0 Å². The molecule has 0 N–H and O–H groups in total. The van der Waals surface area contributed by atoms with E-state index in [0.717, 1.165) is 0 Å². The fourth-order valence-electron chi connectivity index (χ4n) is 3.10. The van der Waals surface area contributed by atoms with Gasteiger partial charge in [0.2, 0.25) is 0 Å². The summed E-state index contributed by atoms with van der Waals surface area (Å²) >= 11 is 0. The Hall–Kier alpha value is -2.16. The lowest BCUT2D eigenvalue weighted by Gasteiger charge is -2.32. The van der Waals surface area contributed by atoms with Crippen molar-refractivity contribution in [1.29, 1.82) is 0 Å². The maximum absolute atomic E-state index is 6.57. The second kappa shape index (κ2) is 6.94. The van der Waals surface area contributed by atoms with Gasteiger partial charge in [0.25, 0.3) is 8.32 Å². The first-order valence-corrected chi connectivity index (χ1v) is 10.0. The first-order chi connectivity index (χ1) is 11.3. The summed E-state index contributed by atoms with van der Waals surface area (Å²) in [6, 6.07) is 30.2. The first-order valence-electron chi connectivity index (χ1n) is 8.09. The van der Waals surface area contributed by atoms with Crippen LogP contribution in [0.2, 0.25) is 0 Å². The molecule has 0 amide bonds. The number of benzene rings is 3. The minimum atomic E-state index is -2.45. The van der Waals surface area contributed by atoms with Gasteiger partial charge in [0.1, 0.15) is 0 Å². The van der Waals surface area contributed by atoms with E-state index in [2.05, 4.69) is 98.8 Å². The third-order valence-electron chi connectivity index (χ3n) is 4.18. The van der Waals surface area contributed by atoms with Crippen LogP contribution in [0.15, 0.2) is 84.9 Å². The molecule has 0 aromatic heterocycles.